The smallest absolute Gasteiger partial charge is 0.220 e. The second-order valence-electron chi connectivity index (χ2n) is 13.1. The number of carbonyl (C=O) groups is 1. The van der Waals surface area contributed by atoms with Crippen LogP contribution < -0.4 is 0 Å². The summed E-state index contributed by atoms with van der Waals surface area (Å²) >= 11 is 0. The minimum atomic E-state index is -0.233. The molecule has 0 heterocycles. The van der Waals surface area contributed by atoms with Crippen molar-refractivity contribution in [2.75, 3.05) is 0 Å². The summed E-state index contributed by atoms with van der Waals surface area (Å²) in [5, 5.41) is 20.3. The highest BCUT2D eigenvalue weighted by Crippen LogP contribution is 2.76. The third kappa shape index (κ3) is 2.50. The summed E-state index contributed by atoms with van der Waals surface area (Å²) in [5.74, 6) is 0.725. The van der Waals surface area contributed by atoms with Gasteiger partial charge in [-0.05, 0) is 116 Å². The summed E-state index contributed by atoms with van der Waals surface area (Å²) < 4.78 is 0. The highest BCUT2D eigenvalue weighted by molar-refractivity contribution is 6.06. The molecule has 3 nitrogen and oxygen atoms in total. The van der Waals surface area contributed by atoms with E-state index in [0.717, 1.165) is 48.8 Å². The monoisotopic (exact) mass is 433 g/mol. The lowest BCUT2D eigenvalue weighted by Gasteiger charge is -2.71. The number of nitrogens with zero attached hydrogens (tertiary/aromatic N) is 1. The van der Waals surface area contributed by atoms with Crippen molar-refractivity contribution in [1.29, 1.82) is 5.26 Å². The molecule has 0 aromatic carbocycles. The molecule has 3 fully saturated rings. The molecule has 5 rings (SSSR count). The highest BCUT2D eigenvalue weighted by Gasteiger charge is 2.68. The number of allylic oxidation sites excluding steroid dienone is 5. The SMILES string of the molecule is CC1=C(O)C(=O)C=C2C1=CCC1[C@@]2(C)CC[C@@]2(C)[C@@H]3C[C@](C)(C#N)CC[C@]3(C)CC[C@]12C. The highest BCUT2D eigenvalue weighted by atomic mass is 16.3. The van der Waals surface area contributed by atoms with E-state index in [0.29, 0.717) is 17.3 Å². The molecule has 0 aliphatic heterocycles. The number of hydrogen-bond donors (Lipinski definition) is 1. The van der Waals surface area contributed by atoms with Crippen LogP contribution in [0, 0.1) is 50.2 Å². The number of nitriles is 1. The third-order valence-corrected chi connectivity index (χ3v) is 11.7. The Bertz CT molecular complexity index is 1040. The van der Waals surface area contributed by atoms with Gasteiger partial charge in [0, 0.05) is 5.57 Å². The molecule has 1 unspecified atom stereocenters. The Morgan fingerprint density at radius 2 is 1.59 bits per heavy atom. The molecule has 0 spiro atoms. The van der Waals surface area contributed by atoms with Crippen molar-refractivity contribution in [3.8, 4) is 6.07 Å². The molecular formula is C29H39NO2. The molecule has 32 heavy (non-hydrogen) atoms. The molecule has 3 heteroatoms. The molecule has 0 saturated heterocycles. The van der Waals surface area contributed by atoms with Gasteiger partial charge in [-0.25, -0.2) is 0 Å². The average molecular weight is 434 g/mol. The fraction of sp³-hybridized carbons (Fsp3) is 0.724. The van der Waals surface area contributed by atoms with E-state index < -0.39 is 0 Å². The normalized spacial score (nSPS) is 50.2. The maximum absolute atomic E-state index is 12.6. The van der Waals surface area contributed by atoms with E-state index in [1.54, 1.807) is 6.08 Å². The second-order valence-corrected chi connectivity index (χ2v) is 13.1. The molecule has 0 amide bonds. The molecule has 0 radical (unpaired) electrons. The fourth-order valence-electron chi connectivity index (χ4n) is 9.19. The van der Waals surface area contributed by atoms with Crippen molar-refractivity contribution in [3.63, 3.8) is 0 Å². The van der Waals surface area contributed by atoms with Crippen LogP contribution in [0.5, 0.6) is 0 Å². The summed E-state index contributed by atoms with van der Waals surface area (Å²) in [6.07, 6.45) is 13.0. The Hall–Kier alpha value is -1.82. The van der Waals surface area contributed by atoms with Crippen molar-refractivity contribution in [1.82, 2.24) is 0 Å². The molecule has 1 N–H and O–H groups in total. The van der Waals surface area contributed by atoms with E-state index in [4.69, 9.17) is 0 Å². The van der Waals surface area contributed by atoms with Gasteiger partial charge in [-0.3, -0.25) is 4.79 Å². The summed E-state index contributed by atoms with van der Waals surface area (Å²) in [6.45, 7) is 14.1. The van der Waals surface area contributed by atoms with Crippen molar-refractivity contribution in [2.24, 2.45) is 38.9 Å². The Labute approximate surface area is 193 Å². The van der Waals surface area contributed by atoms with Gasteiger partial charge >= 0.3 is 0 Å². The minimum absolute atomic E-state index is 0.0447. The summed E-state index contributed by atoms with van der Waals surface area (Å²) in [4.78, 5) is 12.6. The first-order chi connectivity index (χ1) is 14.8. The van der Waals surface area contributed by atoms with E-state index in [-0.39, 0.29) is 33.2 Å². The van der Waals surface area contributed by atoms with Crippen LogP contribution in [0.4, 0.5) is 0 Å². The standard InChI is InChI=1S/C29H39NO2/c1-18-19-7-8-22-27(4,20(19)15-21(31)24(18)32)12-14-29(6)23-16-25(2,17-30)9-10-26(23,3)11-13-28(22,29)5/h7,15,22-23,32H,8-14,16H2,1-6H3/t22?,23-,25-,26-,27+,28-,29+/m1/s1. The quantitative estimate of drug-likeness (QED) is 0.439. The van der Waals surface area contributed by atoms with Crippen molar-refractivity contribution < 1.29 is 9.90 Å². The maximum Gasteiger partial charge on any atom is 0.220 e. The van der Waals surface area contributed by atoms with Crippen molar-refractivity contribution in [3.05, 3.63) is 34.6 Å². The van der Waals surface area contributed by atoms with Crippen molar-refractivity contribution in [2.45, 2.75) is 92.9 Å². The molecule has 0 bridgehead atoms. The number of ketones is 1. The van der Waals surface area contributed by atoms with E-state index in [2.05, 4.69) is 46.8 Å². The molecular weight excluding hydrogens is 394 g/mol. The average Bonchev–Trinajstić information content (AvgIpc) is 2.76. The number of carbonyl (C=O) groups excluding carboxylic acids is 1. The molecule has 0 aromatic rings. The lowest BCUT2D eigenvalue weighted by atomic mass is 9.32. The van der Waals surface area contributed by atoms with Crippen LogP contribution in [0.2, 0.25) is 0 Å². The van der Waals surface area contributed by atoms with Crippen LogP contribution in [0.15, 0.2) is 34.6 Å². The molecule has 172 valence electrons. The van der Waals surface area contributed by atoms with Crippen LogP contribution in [-0.4, -0.2) is 10.9 Å². The summed E-state index contributed by atoms with van der Waals surface area (Å²) in [5.41, 5.74) is 3.46. The van der Waals surface area contributed by atoms with Crippen LogP contribution >= 0.6 is 0 Å². The molecule has 3 saturated carbocycles. The number of rotatable bonds is 0. The van der Waals surface area contributed by atoms with Gasteiger partial charge in [0.1, 0.15) is 0 Å². The van der Waals surface area contributed by atoms with E-state index >= 15 is 0 Å². The Morgan fingerprint density at radius 1 is 0.969 bits per heavy atom. The summed E-state index contributed by atoms with van der Waals surface area (Å²) in [6, 6.07) is 2.69. The summed E-state index contributed by atoms with van der Waals surface area (Å²) in [7, 11) is 0. The lowest BCUT2D eigenvalue weighted by Crippen LogP contribution is -2.64. The topological polar surface area (TPSA) is 61.1 Å². The maximum atomic E-state index is 12.6. The van der Waals surface area contributed by atoms with Gasteiger partial charge in [-0.2, -0.15) is 5.26 Å². The zero-order valence-electron chi connectivity index (χ0n) is 20.8. The Kier molecular flexibility index (Phi) is 4.40. The van der Waals surface area contributed by atoms with Crippen LogP contribution in [-0.2, 0) is 4.79 Å². The Balaban J connectivity index is 1.61. The molecule has 0 aromatic heterocycles. The second kappa shape index (κ2) is 6.40. The van der Waals surface area contributed by atoms with Gasteiger partial charge in [0.05, 0.1) is 11.5 Å². The van der Waals surface area contributed by atoms with E-state index in [9.17, 15) is 15.2 Å². The number of fused-ring (bicyclic) bond motifs is 7. The zero-order valence-corrected chi connectivity index (χ0v) is 20.8. The van der Waals surface area contributed by atoms with Crippen LogP contribution in [0.25, 0.3) is 0 Å². The van der Waals surface area contributed by atoms with Gasteiger partial charge < -0.3 is 5.11 Å². The first kappa shape index (κ1) is 22.0. The fourth-order valence-corrected chi connectivity index (χ4v) is 9.19. The van der Waals surface area contributed by atoms with Crippen molar-refractivity contribution >= 4 is 5.78 Å². The van der Waals surface area contributed by atoms with E-state index in [1.807, 2.05) is 6.92 Å². The van der Waals surface area contributed by atoms with Gasteiger partial charge in [0.15, 0.2) is 5.76 Å². The van der Waals surface area contributed by atoms with Gasteiger partial charge in [0.2, 0.25) is 5.78 Å². The first-order valence-electron chi connectivity index (χ1n) is 12.6. The van der Waals surface area contributed by atoms with E-state index in [1.165, 1.54) is 19.3 Å². The number of aliphatic hydroxyl groups is 1. The molecule has 7 atom stereocenters. The van der Waals surface area contributed by atoms with Gasteiger partial charge in [-0.15, -0.1) is 0 Å². The van der Waals surface area contributed by atoms with Gasteiger partial charge in [-0.1, -0.05) is 33.8 Å². The first-order valence-corrected chi connectivity index (χ1v) is 12.6. The number of hydrogen-bond acceptors (Lipinski definition) is 3. The predicted molar refractivity (Wildman–Crippen MR) is 127 cm³/mol. The largest absolute Gasteiger partial charge is 0.504 e. The number of aliphatic hydroxyl groups excluding tert-OH is 1. The third-order valence-electron chi connectivity index (χ3n) is 11.7. The van der Waals surface area contributed by atoms with Crippen LogP contribution in [0.3, 0.4) is 0 Å². The minimum Gasteiger partial charge on any atom is -0.504 e. The predicted octanol–water partition coefficient (Wildman–Crippen LogP) is 7.22. The Morgan fingerprint density at radius 3 is 2.28 bits per heavy atom. The lowest BCUT2D eigenvalue weighted by molar-refractivity contribution is -0.211. The zero-order chi connectivity index (χ0) is 23.3. The van der Waals surface area contributed by atoms with Crippen LogP contribution in [0.1, 0.15) is 92.9 Å². The van der Waals surface area contributed by atoms with Gasteiger partial charge in [0.25, 0.3) is 0 Å². The molecule has 5 aliphatic carbocycles. The molecule has 5 aliphatic rings.